The number of hydrogen-bond donors (Lipinski definition) is 1. The quantitative estimate of drug-likeness (QED) is 0.645. The molecule has 0 radical (unpaired) electrons. The first-order chi connectivity index (χ1) is 9.04. The zero-order valence-electron chi connectivity index (χ0n) is 11.3. The van der Waals surface area contributed by atoms with E-state index in [0.29, 0.717) is 17.7 Å². The van der Waals surface area contributed by atoms with E-state index in [9.17, 15) is 9.59 Å². The largest absolute Gasteiger partial charge is 0.345 e. The summed E-state index contributed by atoms with van der Waals surface area (Å²) in [6.07, 6.45) is 2.33. The lowest BCUT2D eigenvalue weighted by Gasteiger charge is -2.11. The van der Waals surface area contributed by atoms with Crippen LogP contribution in [-0.4, -0.2) is 36.1 Å². The van der Waals surface area contributed by atoms with E-state index >= 15 is 0 Å². The number of nitrogens with zero attached hydrogens (tertiary/aromatic N) is 1. The van der Waals surface area contributed by atoms with Gasteiger partial charge in [0.25, 0.3) is 5.91 Å². The third-order valence-corrected chi connectivity index (χ3v) is 3.15. The van der Waals surface area contributed by atoms with Crippen LogP contribution in [0, 0.1) is 0 Å². The molecule has 0 aliphatic rings. The van der Waals surface area contributed by atoms with Crippen molar-refractivity contribution in [1.29, 1.82) is 0 Å². The molecule has 19 heavy (non-hydrogen) atoms. The van der Waals surface area contributed by atoms with Crippen LogP contribution in [0.25, 0.3) is 0 Å². The molecule has 0 bridgehead atoms. The Morgan fingerprint density at radius 2 is 2.00 bits per heavy atom. The number of halogens is 1. The lowest BCUT2D eigenvalue weighted by molar-refractivity contribution is -0.116. The Labute approximate surface area is 122 Å². The predicted molar refractivity (Wildman–Crippen MR) is 80.7 cm³/mol. The summed E-state index contributed by atoms with van der Waals surface area (Å²) >= 11 is 3.33. The van der Waals surface area contributed by atoms with E-state index in [4.69, 9.17) is 0 Å². The van der Waals surface area contributed by atoms with Gasteiger partial charge in [-0.15, -0.1) is 0 Å². The predicted octanol–water partition coefficient (Wildman–Crippen LogP) is 2.89. The highest BCUT2D eigenvalue weighted by atomic mass is 79.9. The Morgan fingerprint density at radius 3 is 2.63 bits per heavy atom. The number of benzene rings is 1. The minimum Gasteiger partial charge on any atom is -0.345 e. The lowest BCUT2D eigenvalue weighted by atomic mass is 10.1. The zero-order chi connectivity index (χ0) is 14.3. The van der Waals surface area contributed by atoms with Crippen LogP contribution in [0.5, 0.6) is 0 Å². The van der Waals surface area contributed by atoms with Crippen LogP contribution >= 0.6 is 15.9 Å². The second kappa shape index (κ2) is 7.94. The van der Waals surface area contributed by atoms with Crippen molar-refractivity contribution < 1.29 is 9.59 Å². The zero-order valence-corrected chi connectivity index (χ0v) is 12.9. The molecule has 5 heteroatoms. The van der Waals surface area contributed by atoms with Crippen molar-refractivity contribution in [2.45, 2.75) is 19.3 Å². The number of unbranched alkanes of at least 4 members (excludes halogenated alkanes) is 1. The molecule has 0 atom stereocenters. The Balaban J connectivity index is 2.62. The second-order valence-corrected chi connectivity index (χ2v) is 5.27. The lowest BCUT2D eigenvalue weighted by Crippen LogP contribution is -2.21. The number of alkyl halides is 1. The van der Waals surface area contributed by atoms with Gasteiger partial charge >= 0.3 is 0 Å². The van der Waals surface area contributed by atoms with Crippen molar-refractivity contribution in [3.05, 3.63) is 29.8 Å². The van der Waals surface area contributed by atoms with Gasteiger partial charge in [-0.3, -0.25) is 9.59 Å². The van der Waals surface area contributed by atoms with Crippen molar-refractivity contribution in [1.82, 2.24) is 4.90 Å². The summed E-state index contributed by atoms with van der Waals surface area (Å²) in [5, 5.41) is 3.72. The molecule has 1 aromatic carbocycles. The van der Waals surface area contributed by atoms with Crippen molar-refractivity contribution in [3.8, 4) is 0 Å². The fraction of sp³-hybridized carbons (Fsp3) is 0.429. The van der Waals surface area contributed by atoms with E-state index < -0.39 is 0 Å². The maximum Gasteiger partial charge on any atom is 0.253 e. The maximum absolute atomic E-state index is 11.8. The SMILES string of the molecule is CN(C)C(=O)c1cccc(NC(=O)CCCCBr)c1. The number of hydrogen-bond acceptors (Lipinski definition) is 2. The number of rotatable bonds is 6. The summed E-state index contributed by atoms with van der Waals surface area (Å²) in [6.45, 7) is 0. The normalized spacial score (nSPS) is 10.1. The van der Waals surface area contributed by atoms with Crippen LogP contribution < -0.4 is 5.32 Å². The number of carbonyl (C=O) groups excluding carboxylic acids is 2. The topological polar surface area (TPSA) is 49.4 Å². The first kappa shape index (κ1) is 15.7. The van der Waals surface area contributed by atoms with Crippen molar-refractivity contribution in [3.63, 3.8) is 0 Å². The van der Waals surface area contributed by atoms with Gasteiger partial charge in [-0.1, -0.05) is 22.0 Å². The van der Waals surface area contributed by atoms with Gasteiger partial charge in [0.2, 0.25) is 5.91 Å². The van der Waals surface area contributed by atoms with E-state index in [2.05, 4.69) is 21.2 Å². The molecular formula is C14H19BrN2O2. The fourth-order valence-electron chi connectivity index (χ4n) is 1.59. The fourth-order valence-corrected chi connectivity index (χ4v) is 1.99. The number of anilines is 1. The summed E-state index contributed by atoms with van der Waals surface area (Å²) in [6, 6.07) is 6.99. The van der Waals surface area contributed by atoms with E-state index in [1.54, 1.807) is 38.4 Å². The van der Waals surface area contributed by atoms with Gasteiger partial charge in [0.1, 0.15) is 0 Å². The first-order valence-corrected chi connectivity index (χ1v) is 7.34. The van der Waals surface area contributed by atoms with Crippen molar-refractivity contribution in [2.75, 3.05) is 24.7 Å². The molecule has 0 spiro atoms. The molecule has 0 saturated carbocycles. The molecule has 2 amide bonds. The van der Waals surface area contributed by atoms with Crippen LogP contribution in [-0.2, 0) is 4.79 Å². The van der Waals surface area contributed by atoms with Gasteiger partial charge in [0.15, 0.2) is 0 Å². The third-order valence-electron chi connectivity index (χ3n) is 2.59. The van der Waals surface area contributed by atoms with Gasteiger partial charge in [-0.2, -0.15) is 0 Å². The van der Waals surface area contributed by atoms with Crippen LogP contribution in [0.4, 0.5) is 5.69 Å². The van der Waals surface area contributed by atoms with E-state index in [0.717, 1.165) is 18.2 Å². The summed E-state index contributed by atoms with van der Waals surface area (Å²) in [5.74, 6) is -0.0919. The van der Waals surface area contributed by atoms with Gasteiger partial charge in [-0.05, 0) is 31.0 Å². The molecule has 1 rings (SSSR count). The van der Waals surface area contributed by atoms with Crippen molar-refractivity contribution in [2.24, 2.45) is 0 Å². The number of nitrogens with one attached hydrogen (secondary N) is 1. The van der Waals surface area contributed by atoms with Gasteiger partial charge in [0, 0.05) is 37.1 Å². The Hall–Kier alpha value is -1.36. The Kier molecular flexibility index (Phi) is 6.56. The summed E-state index contributed by atoms with van der Waals surface area (Å²) in [7, 11) is 3.40. The van der Waals surface area contributed by atoms with Crippen LogP contribution in [0.2, 0.25) is 0 Å². The first-order valence-electron chi connectivity index (χ1n) is 6.22. The molecule has 1 N–H and O–H groups in total. The van der Waals surface area contributed by atoms with E-state index in [1.807, 2.05) is 0 Å². The van der Waals surface area contributed by atoms with E-state index in [1.165, 1.54) is 4.90 Å². The van der Waals surface area contributed by atoms with E-state index in [-0.39, 0.29) is 11.8 Å². The Morgan fingerprint density at radius 1 is 1.26 bits per heavy atom. The molecule has 0 aliphatic heterocycles. The second-order valence-electron chi connectivity index (χ2n) is 4.47. The molecule has 104 valence electrons. The van der Waals surface area contributed by atoms with Gasteiger partial charge in [-0.25, -0.2) is 0 Å². The van der Waals surface area contributed by atoms with Gasteiger partial charge < -0.3 is 10.2 Å². The minimum absolute atomic E-state index is 0.0181. The molecule has 0 unspecified atom stereocenters. The highest BCUT2D eigenvalue weighted by Crippen LogP contribution is 2.13. The summed E-state index contributed by atoms with van der Waals surface area (Å²) in [4.78, 5) is 25.0. The molecular weight excluding hydrogens is 308 g/mol. The summed E-state index contributed by atoms with van der Waals surface area (Å²) in [5.41, 5.74) is 1.24. The van der Waals surface area contributed by atoms with Gasteiger partial charge in [0.05, 0.1) is 0 Å². The molecule has 0 fully saturated rings. The highest BCUT2D eigenvalue weighted by Gasteiger charge is 2.09. The molecule has 1 aromatic rings. The molecule has 4 nitrogen and oxygen atoms in total. The molecule has 0 aromatic heterocycles. The van der Waals surface area contributed by atoms with Crippen molar-refractivity contribution >= 4 is 33.4 Å². The maximum atomic E-state index is 11.8. The molecule has 0 saturated heterocycles. The monoisotopic (exact) mass is 326 g/mol. The smallest absolute Gasteiger partial charge is 0.253 e. The van der Waals surface area contributed by atoms with Crippen LogP contribution in [0.1, 0.15) is 29.6 Å². The summed E-state index contributed by atoms with van der Waals surface area (Å²) < 4.78 is 0. The van der Waals surface area contributed by atoms with Crippen LogP contribution in [0.15, 0.2) is 24.3 Å². The Bertz CT molecular complexity index is 447. The average Bonchev–Trinajstić information content (AvgIpc) is 2.38. The highest BCUT2D eigenvalue weighted by molar-refractivity contribution is 9.09. The van der Waals surface area contributed by atoms with Crippen LogP contribution in [0.3, 0.4) is 0 Å². The number of amides is 2. The molecule has 0 heterocycles. The third kappa shape index (κ3) is 5.42. The standard InChI is InChI=1S/C14H19BrN2O2/c1-17(2)14(19)11-6-5-7-12(10-11)16-13(18)8-3-4-9-15/h5-7,10H,3-4,8-9H2,1-2H3,(H,16,18). The number of carbonyl (C=O) groups is 2. The molecule has 0 aliphatic carbocycles. The average molecular weight is 327 g/mol. The minimum atomic E-state index is -0.0737.